The largest absolute Gasteiger partial charge is 0.479 e. The number of aliphatic carboxylic acids is 1. The second kappa shape index (κ2) is 6.09. The van der Waals surface area contributed by atoms with Gasteiger partial charge in [0.15, 0.2) is 0 Å². The Balaban J connectivity index is 2.00. The monoisotopic (exact) mass is 327 g/mol. The molecule has 2 aliphatic carbocycles. The van der Waals surface area contributed by atoms with Crippen LogP contribution >= 0.6 is 0 Å². The second-order valence-electron chi connectivity index (χ2n) is 7.04. The molecule has 6 N–H and O–H groups in total. The number of carboxylic acid groups (broad SMARTS) is 1. The lowest BCUT2D eigenvalue weighted by molar-refractivity contribution is -0.149. The van der Waals surface area contributed by atoms with E-state index in [1.165, 1.54) is 6.92 Å². The number of carboxylic acids is 1. The molecular formula is C15H25N3O5. The average Bonchev–Trinajstić information content (AvgIpc) is 3.20. The molecule has 0 aromatic rings. The van der Waals surface area contributed by atoms with Crippen molar-refractivity contribution < 1.29 is 24.6 Å². The van der Waals surface area contributed by atoms with E-state index in [0.717, 1.165) is 0 Å². The Hall–Kier alpha value is -1.67. The maximum atomic E-state index is 12.3. The number of hydrogen-bond donors (Lipinski definition) is 5. The second-order valence-corrected chi connectivity index (χ2v) is 7.04. The standard InChI is InChI=1S/C15H25N3O5/c1-6(2)11(16)13(21)17-7(3)12(20)18-15(14(22)23)5-10(19)8-4-9(8)15/h6-11,19H,4-5,16H2,1-3H3,(H,17,21)(H,18,20)(H,22,23)/t7-,8-,9+,10-,11-,15-/m0/s1. The topological polar surface area (TPSA) is 142 Å². The number of carbonyl (C=O) groups excluding carboxylic acids is 2. The van der Waals surface area contributed by atoms with Gasteiger partial charge in [0.1, 0.15) is 11.6 Å². The number of aliphatic hydroxyl groups is 1. The van der Waals surface area contributed by atoms with Crippen molar-refractivity contribution >= 4 is 17.8 Å². The molecule has 8 heteroatoms. The number of fused-ring (bicyclic) bond motifs is 1. The molecule has 0 unspecified atom stereocenters. The van der Waals surface area contributed by atoms with Crippen LogP contribution in [0.15, 0.2) is 0 Å². The fraction of sp³-hybridized carbons (Fsp3) is 0.800. The van der Waals surface area contributed by atoms with Gasteiger partial charge >= 0.3 is 5.97 Å². The minimum atomic E-state index is -1.44. The summed E-state index contributed by atoms with van der Waals surface area (Å²) in [5, 5.41) is 24.4. The first kappa shape index (κ1) is 17.7. The van der Waals surface area contributed by atoms with E-state index < -0.39 is 41.5 Å². The van der Waals surface area contributed by atoms with Crippen LogP contribution in [-0.2, 0) is 14.4 Å². The van der Waals surface area contributed by atoms with Crippen molar-refractivity contribution in [3.05, 3.63) is 0 Å². The third kappa shape index (κ3) is 3.18. The van der Waals surface area contributed by atoms with Crippen molar-refractivity contribution in [2.75, 3.05) is 0 Å². The van der Waals surface area contributed by atoms with Gasteiger partial charge in [0.05, 0.1) is 12.1 Å². The molecule has 8 nitrogen and oxygen atoms in total. The highest BCUT2D eigenvalue weighted by Crippen LogP contribution is 2.57. The van der Waals surface area contributed by atoms with Gasteiger partial charge in [-0.15, -0.1) is 0 Å². The SMILES string of the molecule is CC(C)[C@H](N)C(=O)N[C@@H](C)C(=O)N[C@@]1(C(=O)O)C[C@H](O)[C@H]2C[C@H]21. The van der Waals surface area contributed by atoms with Crippen LogP contribution in [0.4, 0.5) is 0 Å². The minimum absolute atomic E-state index is 0.00438. The predicted molar refractivity (Wildman–Crippen MR) is 81.1 cm³/mol. The smallest absolute Gasteiger partial charge is 0.329 e. The van der Waals surface area contributed by atoms with Crippen molar-refractivity contribution in [3.8, 4) is 0 Å². The molecule has 0 radical (unpaired) electrons. The van der Waals surface area contributed by atoms with Gasteiger partial charge in [-0.2, -0.15) is 0 Å². The van der Waals surface area contributed by atoms with Crippen LogP contribution in [0.2, 0.25) is 0 Å². The average molecular weight is 327 g/mol. The Morgan fingerprint density at radius 3 is 2.22 bits per heavy atom. The van der Waals surface area contributed by atoms with E-state index in [9.17, 15) is 24.6 Å². The summed E-state index contributed by atoms with van der Waals surface area (Å²) in [6.45, 7) is 5.06. The number of rotatable bonds is 6. The molecular weight excluding hydrogens is 302 g/mol. The third-order valence-electron chi connectivity index (χ3n) is 5.00. The number of amides is 2. The third-order valence-corrected chi connectivity index (χ3v) is 5.00. The van der Waals surface area contributed by atoms with Gasteiger partial charge in [0.2, 0.25) is 11.8 Å². The highest BCUT2D eigenvalue weighted by molar-refractivity contribution is 5.93. The summed E-state index contributed by atoms with van der Waals surface area (Å²) in [6, 6.07) is -1.64. The van der Waals surface area contributed by atoms with E-state index in [1.54, 1.807) is 13.8 Å². The number of hydrogen-bond acceptors (Lipinski definition) is 5. The highest BCUT2D eigenvalue weighted by atomic mass is 16.4. The molecule has 2 fully saturated rings. The highest BCUT2D eigenvalue weighted by Gasteiger charge is 2.67. The number of nitrogens with two attached hydrogens (primary N) is 1. The number of nitrogens with one attached hydrogen (secondary N) is 2. The summed E-state index contributed by atoms with van der Waals surface area (Å²) in [4.78, 5) is 35.8. The van der Waals surface area contributed by atoms with Crippen LogP contribution in [0.25, 0.3) is 0 Å². The lowest BCUT2D eigenvalue weighted by Gasteiger charge is -2.30. The minimum Gasteiger partial charge on any atom is -0.479 e. The first-order chi connectivity index (χ1) is 10.6. The molecule has 2 rings (SSSR count). The van der Waals surface area contributed by atoms with Crippen molar-refractivity contribution in [2.45, 2.75) is 57.3 Å². The van der Waals surface area contributed by atoms with Crippen molar-refractivity contribution in [1.29, 1.82) is 0 Å². The van der Waals surface area contributed by atoms with E-state index in [0.29, 0.717) is 6.42 Å². The van der Waals surface area contributed by atoms with Gasteiger partial charge in [-0.1, -0.05) is 13.8 Å². The van der Waals surface area contributed by atoms with Gasteiger partial charge in [0, 0.05) is 6.42 Å². The van der Waals surface area contributed by atoms with Crippen molar-refractivity contribution in [1.82, 2.24) is 10.6 Å². The predicted octanol–water partition coefficient (Wildman–Crippen LogP) is -1.19. The lowest BCUT2D eigenvalue weighted by atomic mass is 9.92. The molecule has 2 saturated carbocycles. The summed E-state index contributed by atoms with van der Waals surface area (Å²) >= 11 is 0. The summed E-state index contributed by atoms with van der Waals surface area (Å²) < 4.78 is 0. The van der Waals surface area contributed by atoms with E-state index in [4.69, 9.17) is 5.73 Å². The van der Waals surface area contributed by atoms with Crippen LogP contribution in [0, 0.1) is 17.8 Å². The molecule has 0 aromatic carbocycles. The molecule has 23 heavy (non-hydrogen) atoms. The Kier molecular flexibility index (Phi) is 4.68. The quantitative estimate of drug-likeness (QED) is 0.415. The first-order valence-electron chi connectivity index (χ1n) is 7.89. The Bertz CT molecular complexity index is 523. The van der Waals surface area contributed by atoms with Crippen LogP contribution < -0.4 is 16.4 Å². The molecule has 0 aliphatic heterocycles. The first-order valence-corrected chi connectivity index (χ1v) is 7.89. The number of carbonyl (C=O) groups is 3. The molecule has 0 aromatic heterocycles. The number of aliphatic hydroxyl groups excluding tert-OH is 1. The van der Waals surface area contributed by atoms with E-state index in [1.807, 2.05) is 0 Å². The normalized spacial score (nSPS) is 34.4. The van der Waals surface area contributed by atoms with Gasteiger partial charge in [-0.3, -0.25) is 9.59 Å². The summed E-state index contributed by atoms with van der Waals surface area (Å²) in [5.41, 5.74) is 4.28. The van der Waals surface area contributed by atoms with Gasteiger partial charge in [-0.05, 0) is 31.1 Å². The maximum Gasteiger partial charge on any atom is 0.329 e. The fourth-order valence-electron chi connectivity index (χ4n) is 3.29. The molecule has 2 amide bonds. The van der Waals surface area contributed by atoms with E-state index in [-0.39, 0.29) is 24.2 Å². The van der Waals surface area contributed by atoms with Gasteiger partial charge in [-0.25, -0.2) is 4.79 Å². The Morgan fingerprint density at radius 1 is 1.22 bits per heavy atom. The summed E-state index contributed by atoms with van der Waals surface area (Å²) in [5.74, 6) is -2.58. The van der Waals surface area contributed by atoms with Crippen LogP contribution in [0.5, 0.6) is 0 Å². The molecule has 0 bridgehead atoms. The molecule has 0 spiro atoms. The molecule has 2 aliphatic rings. The van der Waals surface area contributed by atoms with Crippen LogP contribution in [0.3, 0.4) is 0 Å². The maximum absolute atomic E-state index is 12.3. The zero-order valence-electron chi connectivity index (χ0n) is 13.6. The summed E-state index contributed by atoms with van der Waals surface area (Å²) in [6.07, 6.45) is -0.127. The zero-order chi connectivity index (χ0) is 17.5. The zero-order valence-corrected chi connectivity index (χ0v) is 13.6. The molecule has 6 atom stereocenters. The van der Waals surface area contributed by atoms with E-state index in [2.05, 4.69) is 10.6 Å². The van der Waals surface area contributed by atoms with Gasteiger partial charge in [0.25, 0.3) is 0 Å². The Morgan fingerprint density at radius 2 is 1.83 bits per heavy atom. The van der Waals surface area contributed by atoms with Crippen LogP contribution in [-0.4, -0.2) is 51.7 Å². The summed E-state index contributed by atoms with van der Waals surface area (Å²) in [7, 11) is 0. The molecule has 130 valence electrons. The molecule has 0 saturated heterocycles. The lowest BCUT2D eigenvalue weighted by Crippen LogP contribution is -2.60. The Labute approximate surface area is 134 Å². The van der Waals surface area contributed by atoms with Crippen molar-refractivity contribution in [3.63, 3.8) is 0 Å². The van der Waals surface area contributed by atoms with Gasteiger partial charge < -0.3 is 26.6 Å². The fourth-order valence-corrected chi connectivity index (χ4v) is 3.29. The van der Waals surface area contributed by atoms with E-state index >= 15 is 0 Å². The molecule has 0 heterocycles. The van der Waals surface area contributed by atoms with Crippen molar-refractivity contribution in [2.24, 2.45) is 23.5 Å². The van der Waals surface area contributed by atoms with Crippen LogP contribution in [0.1, 0.15) is 33.6 Å².